The lowest BCUT2D eigenvalue weighted by Crippen LogP contribution is -2.29. The van der Waals surface area contributed by atoms with Crippen molar-refractivity contribution in [3.63, 3.8) is 0 Å². The molecule has 4 nitrogen and oxygen atoms in total. The van der Waals surface area contributed by atoms with Gasteiger partial charge in [0.25, 0.3) is 0 Å². The molecular formula is C13H20N2O2S2. The van der Waals surface area contributed by atoms with Gasteiger partial charge in [0.15, 0.2) is 0 Å². The Balaban J connectivity index is 1.97. The zero-order chi connectivity index (χ0) is 13.7. The summed E-state index contributed by atoms with van der Waals surface area (Å²) in [6.07, 6.45) is 1.11. The van der Waals surface area contributed by atoms with Crippen LogP contribution in [0.1, 0.15) is 12.0 Å². The Morgan fingerprint density at radius 1 is 1.32 bits per heavy atom. The number of hydrogen-bond donors (Lipinski definition) is 2. The number of nitrogens with one attached hydrogen (secondary N) is 2. The zero-order valence-corrected chi connectivity index (χ0v) is 12.7. The molecule has 1 unspecified atom stereocenters. The van der Waals surface area contributed by atoms with Crippen LogP contribution in [-0.4, -0.2) is 33.5 Å². The van der Waals surface area contributed by atoms with E-state index in [1.807, 2.05) is 30.9 Å². The summed E-state index contributed by atoms with van der Waals surface area (Å²) in [4.78, 5) is 0.345. The van der Waals surface area contributed by atoms with Crippen molar-refractivity contribution in [2.24, 2.45) is 5.92 Å². The minimum absolute atomic E-state index is 0.345. The summed E-state index contributed by atoms with van der Waals surface area (Å²) >= 11 is 1.89. The fourth-order valence-corrected chi connectivity index (χ4v) is 4.45. The third kappa shape index (κ3) is 4.21. The molecule has 1 atom stereocenters. The van der Waals surface area contributed by atoms with E-state index in [9.17, 15) is 8.42 Å². The van der Waals surface area contributed by atoms with Crippen LogP contribution < -0.4 is 10.0 Å². The van der Waals surface area contributed by atoms with Crippen LogP contribution in [0, 0.1) is 5.92 Å². The van der Waals surface area contributed by atoms with E-state index in [2.05, 4.69) is 10.0 Å². The van der Waals surface area contributed by atoms with E-state index >= 15 is 0 Å². The van der Waals surface area contributed by atoms with E-state index in [1.54, 1.807) is 12.1 Å². The maximum absolute atomic E-state index is 12.1. The smallest absolute Gasteiger partial charge is 0.240 e. The summed E-state index contributed by atoms with van der Waals surface area (Å²) in [5, 5.41) is 3.04. The van der Waals surface area contributed by atoms with Gasteiger partial charge in [0.1, 0.15) is 0 Å². The molecule has 0 saturated carbocycles. The Labute approximate surface area is 119 Å². The SMILES string of the molecule is CNCc1ccc(S(=O)(=O)NCC2CCSC2)cc1. The minimum Gasteiger partial charge on any atom is -0.316 e. The summed E-state index contributed by atoms with van der Waals surface area (Å²) in [6.45, 7) is 1.29. The average Bonchev–Trinajstić information content (AvgIpc) is 2.91. The standard InChI is InChI=1S/C13H20N2O2S2/c1-14-8-11-2-4-13(5-3-11)19(16,17)15-9-12-6-7-18-10-12/h2-5,12,14-15H,6-10H2,1H3. The van der Waals surface area contributed by atoms with Gasteiger partial charge in [-0.3, -0.25) is 0 Å². The molecule has 0 bridgehead atoms. The van der Waals surface area contributed by atoms with Crippen LogP contribution >= 0.6 is 11.8 Å². The van der Waals surface area contributed by atoms with Crippen LogP contribution in [0.2, 0.25) is 0 Å². The molecule has 0 aliphatic carbocycles. The van der Waals surface area contributed by atoms with E-state index in [0.29, 0.717) is 17.4 Å². The topological polar surface area (TPSA) is 58.2 Å². The molecule has 0 spiro atoms. The lowest BCUT2D eigenvalue weighted by Gasteiger charge is -2.11. The van der Waals surface area contributed by atoms with Gasteiger partial charge in [-0.25, -0.2) is 13.1 Å². The van der Waals surface area contributed by atoms with Gasteiger partial charge >= 0.3 is 0 Å². The van der Waals surface area contributed by atoms with Crippen LogP contribution in [0.5, 0.6) is 0 Å². The molecule has 1 fully saturated rings. The van der Waals surface area contributed by atoms with Gasteiger partial charge in [-0.15, -0.1) is 0 Å². The maximum atomic E-state index is 12.1. The van der Waals surface area contributed by atoms with Gasteiger partial charge in [0, 0.05) is 13.1 Å². The van der Waals surface area contributed by atoms with Gasteiger partial charge in [-0.2, -0.15) is 11.8 Å². The van der Waals surface area contributed by atoms with Crippen molar-refractivity contribution in [3.05, 3.63) is 29.8 Å². The van der Waals surface area contributed by atoms with Crippen LogP contribution in [-0.2, 0) is 16.6 Å². The number of benzene rings is 1. The molecule has 1 aliphatic rings. The molecule has 1 aromatic carbocycles. The highest BCUT2D eigenvalue weighted by Gasteiger charge is 2.19. The highest BCUT2D eigenvalue weighted by atomic mass is 32.2. The first-order valence-electron chi connectivity index (χ1n) is 6.43. The van der Waals surface area contributed by atoms with E-state index in [-0.39, 0.29) is 0 Å². The Morgan fingerprint density at radius 3 is 2.63 bits per heavy atom. The third-order valence-electron chi connectivity index (χ3n) is 3.20. The van der Waals surface area contributed by atoms with E-state index in [1.165, 1.54) is 0 Å². The fraction of sp³-hybridized carbons (Fsp3) is 0.538. The van der Waals surface area contributed by atoms with Crippen molar-refractivity contribution in [2.45, 2.75) is 17.9 Å². The Kier molecular flexibility index (Phi) is 5.27. The second kappa shape index (κ2) is 6.74. The van der Waals surface area contributed by atoms with E-state index in [4.69, 9.17) is 0 Å². The molecule has 19 heavy (non-hydrogen) atoms. The molecule has 2 N–H and O–H groups in total. The number of sulfonamides is 1. The maximum Gasteiger partial charge on any atom is 0.240 e. The first-order valence-corrected chi connectivity index (χ1v) is 9.06. The molecular weight excluding hydrogens is 280 g/mol. The minimum atomic E-state index is -3.36. The molecule has 1 heterocycles. The predicted molar refractivity (Wildman–Crippen MR) is 79.8 cm³/mol. The van der Waals surface area contributed by atoms with Gasteiger partial charge < -0.3 is 5.32 Å². The monoisotopic (exact) mass is 300 g/mol. The van der Waals surface area contributed by atoms with Crippen LogP contribution in [0.4, 0.5) is 0 Å². The first kappa shape index (κ1) is 14.8. The molecule has 0 amide bonds. The van der Waals surface area contributed by atoms with Crippen molar-refractivity contribution >= 4 is 21.8 Å². The molecule has 0 radical (unpaired) electrons. The lowest BCUT2D eigenvalue weighted by atomic mass is 10.1. The third-order valence-corrected chi connectivity index (χ3v) is 5.87. The molecule has 106 valence electrons. The van der Waals surface area contributed by atoms with Crippen molar-refractivity contribution in [1.82, 2.24) is 10.0 Å². The largest absolute Gasteiger partial charge is 0.316 e. The Bertz CT molecular complexity index is 494. The number of rotatable bonds is 6. The molecule has 1 aliphatic heterocycles. The van der Waals surface area contributed by atoms with Gasteiger partial charge in [0.05, 0.1) is 4.90 Å². The molecule has 2 rings (SSSR count). The highest BCUT2D eigenvalue weighted by molar-refractivity contribution is 7.99. The van der Waals surface area contributed by atoms with Crippen LogP contribution in [0.25, 0.3) is 0 Å². The van der Waals surface area contributed by atoms with Crippen molar-refractivity contribution in [2.75, 3.05) is 25.1 Å². The van der Waals surface area contributed by atoms with Gasteiger partial charge in [-0.05, 0) is 48.6 Å². The summed E-state index contributed by atoms with van der Waals surface area (Å²) in [6, 6.07) is 7.02. The van der Waals surface area contributed by atoms with Crippen LogP contribution in [0.3, 0.4) is 0 Å². The normalized spacial score (nSPS) is 19.7. The Morgan fingerprint density at radius 2 is 2.05 bits per heavy atom. The highest BCUT2D eigenvalue weighted by Crippen LogP contribution is 2.23. The zero-order valence-electron chi connectivity index (χ0n) is 11.1. The second-order valence-corrected chi connectivity index (χ2v) is 7.67. The van der Waals surface area contributed by atoms with E-state index < -0.39 is 10.0 Å². The first-order chi connectivity index (χ1) is 9.12. The molecule has 1 aromatic rings. The Hall–Kier alpha value is -0.560. The molecule has 0 aromatic heterocycles. The van der Waals surface area contributed by atoms with Gasteiger partial charge in [-0.1, -0.05) is 12.1 Å². The predicted octanol–water partition coefficient (Wildman–Crippen LogP) is 1.44. The van der Waals surface area contributed by atoms with Crippen LogP contribution in [0.15, 0.2) is 29.2 Å². The number of hydrogen-bond acceptors (Lipinski definition) is 4. The van der Waals surface area contributed by atoms with E-state index in [0.717, 1.165) is 30.0 Å². The fourth-order valence-electron chi connectivity index (χ4n) is 2.05. The van der Waals surface area contributed by atoms with Crippen molar-refractivity contribution < 1.29 is 8.42 Å². The van der Waals surface area contributed by atoms with Crippen molar-refractivity contribution in [1.29, 1.82) is 0 Å². The molecule has 6 heteroatoms. The summed E-state index contributed by atoms with van der Waals surface area (Å²) in [5.74, 6) is 2.68. The molecule has 1 saturated heterocycles. The quantitative estimate of drug-likeness (QED) is 0.834. The van der Waals surface area contributed by atoms with Crippen molar-refractivity contribution in [3.8, 4) is 0 Å². The van der Waals surface area contributed by atoms with Gasteiger partial charge in [0.2, 0.25) is 10.0 Å². The second-order valence-electron chi connectivity index (χ2n) is 4.76. The summed E-state index contributed by atoms with van der Waals surface area (Å²) < 4.78 is 27.0. The summed E-state index contributed by atoms with van der Waals surface area (Å²) in [5.41, 5.74) is 1.08. The summed E-state index contributed by atoms with van der Waals surface area (Å²) in [7, 11) is -1.49. The number of thioether (sulfide) groups is 1. The lowest BCUT2D eigenvalue weighted by molar-refractivity contribution is 0.546. The average molecular weight is 300 g/mol.